The number of likely N-dealkylation sites (tertiary alicyclic amines) is 1. The third-order valence-electron chi connectivity index (χ3n) is 5.02. The Morgan fingerprint density at radius 1 is 1.23 bits per heavy atom. The number of aromatic nitrogens is 4. The largest absolute Gasteiger partial charge is 0.441 e. The summed E-state index contributed by atoms with van der Waals surface area (Å²) >= 11 is 0. The number of benzene rings is 1. The number of oxazole rings is 1. The van der Waals surface area contributed by atoms with Gasteiger partial charge in [-0.05, 0) is 52.3 Å². The van der Waals surface area contributed by atoms with E-state index >= 15 is 0 Å². The second kappa shape index (κ2) is 7.03. The maximum atomic E-state index is 5.94. The molecule has 6 heteroatoms. The number of nitrogens with zero attached hydrogens (tertiary/aromatic N) is 4. The topological polar surface area (TPSA) is 70.8 Å². The van der Waals surface area contributed by atoms with Gasteiger partial charge in [-0.2, -0.15) is 5.10 Å². The highest BCUT2D eigenvalue weighted by Gasteiger charge is 2.25. The molecule has 136 valence electrons. The quantitative estimate of drug-likeness (QED) is 0.775. The van der Waals surface area contributed by atoms with E-state index in [-0.39, 0.29) is 0 Å². The molecule has 4 rings (SSSR count). The Morgan fingerprint density at radius 3 is 2.88 bits per heavy atom. The van der Waals surface area contributed by atoms with Crippen molar-refractivity contribution in [2.45, 2.75) is 46.1 Å². The van der Waals surface area contributed by atoms with E-state index in [0.29, 0.717) is 11.8 Å². The molecule has 1 aromatic carbocycles. The first-order valence-corrected chi connectivity index (χ1v) is 9.23. The predicted octanol–water partition coefficient (Wildman–Crippen LogP) is 3.76. The van der Waals surface area contributed by atoms with E-state index < -0.39 is 0 Å². The minimum Gasteiger partial charge on any atom is -0.441 e. The highest BCUT2D eigenvalue weighted by molar-refractivity contribution is 5.54. The lowest BCUT2D eigenvalue weighted by Gasteiger charge is -2.30. The lowest BCUT2D eigenvalue weighted by atomic mass is 9.97. The Bertz CT molecular complexity index is 897. The molecule has 2 aromatic heterocycles. The van der Waals surface area contributed by atoms with Gasteiger partial charge in [0, 0.05) is 24.6 Å². The number of nitrogens with one attached hydrogen (secondary N) is 1. The summed E-state index contributed by atoms with van der Waals surface area (Å²) in [5.41, 5.74) is 3.26. The molecule has 1 N–H and O–H groups in total. The number of hydrogen-bond acceptors (Lipinski definition) is 5. The molecule has 1 saturated heterocycles. The molecule has 0 unspecified atom stereocenters. The second-order valence-corrected chi connectivity index (χ2v) is 7.24. The van der Waals surface area contributed by atoms with E-state index in [1.165, 1.54) is 5.56 Å². The van der Waals surface area contributed by atoms with Gasteiger partial charge in [-0.15, -0.1) is 0 Å². The Balaban J connectivity index is 1.48. The summed E-state index contributed by atoms with van der Waals surface area (Å²) in [6.45, 7) is 8.87. The lowest BCUT2D eigenvalue weighted by Crippen LogP contribution is -2.34. The maximum Gasteiger partial charge on any atom is 0.226 e. The number of aryl methyl sites for hydroxylation is 3. The molecule has 1 aliphatic heterocycles. The third kappa shape index (κ3) is 3.55. The normalized spacial score (nSPS) is 18.3. The molecule has 3 heterocycles. The molecule has 0 aliphatic carbocycles. The summed E-state index contributed by atoms with van der Waals surface area (Å²) in [6.07, 6.45) is 2.29. The zero-order chi connectivity index (χ0) is 18.1. The predicted molar refractivity (Wildman–Crippen MR) is 99.8 cm³/mol. The van der Waals surface area contributed by atoms with Gasteiger partial charge >= 0.3 is 0 Å². The molecule has 1 aliphatic rings. The summed E-state index contributed by atoms with van der Waals surface area (Å²) in [4.78, 5) is 11.7. The van der Waals surface area contributed by atoms with Gasteiger partial charge in [-0.25, -0.2) is 9.97 Å². The minimum absolute atomic E-state index is 0.386. The molecule has 1 atom stereocenters. The average molecular weight is 351 g/mol. The molecule has 0 amide bonds. The number of aromatic amines is 1. The first kappa shape index (κ1) is 17.0. The van der Waals surface area contributed by atoms with Crippen LogP contribution < -0.4 is 0 Å². The fourth-order valence-corrected chi connectivity index (χ4v) is 3.64. The first-order valence-electron chi connectivity index (χ1n) is 9.23. The summed E-state index contributed by atoms with van der Waals surface area (Å²) in [5.74, 6) is 3.81. The van der Waals surface area contributed by atoms with E-state index in [9.17, 15) is 0 Å². The summed E-state index contributed by atoms with van der Waals surface area (Å²) < 4.78 is 5.94. The van der Waals surface area contributed by atoms with E-state index in [1.807, 2.05) is 26.0 Å². The molecule has 0 bridgehead atoms. The summed E-state index contributed by atoms with van der Waals surface area (Å²) in [7, 11) is 0. The van der Waals surface area contributed by atoms with Crippen molar-refractivity contribution in [3.05, 3.63) is 52.9 Å². The highest BCUT2D eigenvalue weighted by atomic mass is 16.4. The molecule has 1 fully saturated rings. The van der Waals surface area contributed by atoms with Gasteiger partial charge in [0.05, 0.1) is 5.69 Å². The third-order valence-corrected chi connectivity index (χ3v) is 5.02. The lowest BCUT2D eigenvalue weighted by molar-refractivity contribution is 0.194. The van der Waals surface area contributed by atoms with Crippen molar-refractivity contribution in [2.24, 2.45) is 0 Å². The fraction of sp³-hybridized carbons (Fsp3) is 0.450. The number of H-pyrrole nitrogens is 1. The van der Waals surface area contributed by atoms with Crippen LogP contribution in [-0.4, -0.2) is 38.2 Å². The van der Waals surface area contributed by atoms with Crippen LogP contribution in [0.25, 0.3) is 11.5 Å². The van der Waals surface area contributed by atoms with E-state index in [1.54, 1.807) is 0 Å². The molecule has 6 nitrogen and oxygen atoms in total. The molecular weight excluding hydrogens is 326 g/mol. The van der Waals surface area contributed by atoms with Crippen LogP contribution in [0.15, 0.2) is 28.7 Å². The zero-order valence-electron chi connectivity index (χ0n) is 15.6. The van der Waals surface area contributed by atoms with Crippen LogP contribution >= 0.6 is 0 Å². The van der Waals surface area contributed by atoms with Crippen LogP contribution in [0, 0.1) is 20.8 Å². The van der Waals surface area contributed by atoms with Gasteiger partial charge in [0.1, 0.15) is 11.6 Å². The Morgan fingerprint density at radius 2 is 2.12 bits per heavy atom. The average Bonchev–Trinajstić information content (AvgIpc) is 3.22. The summed E-state index contributed by atoms with van der Waals surface area (Å²) in [5, 5.41) is 7.31. The van der Waals surface area contributed by atoms with Crippen molar-refractivity contribution in [1.29, 1.82) is 0 Å². The van der Waals surface area contributed by atoms with Gasteiger partial charge in [0.25, 0.3) is 0 Å². The van der Waals surface area contributed by atoms with Crippen LogP contribution in [0.1, 0.15) is 47.4 Å². The van der Waals surface area contributed by atoms with Crippen LogP contribution in [-0.2, 0) is 6.54 Å². The Labute approximate surface area is 153 Å². The Kier molecular flexibility index (Phi) is 4.59. The van der Waals surface area contributed by atoms with Crippen LogP contribution in [0.2, 0.25) is 0 Å². The summed E-state index contributed by atoms with van der Waals surface area (Å²) in [6, 6.07) is 8.28. The van der Waals surface area contributed by atoms with Crippen molar-refractivity contribution >= 4 is 0 Å². The number of rotatable bonds is 4. The van der Waals surface area contributed by atoms with Crippen molar-refractivity contribution < 1.29 is 4.42 Å². The SMILES string of the molecule is Cc1cccc(-c2nc(CN3CCC[C@@H](c4n[nH]c(C)n4)C3)c(C)o2)c1. The molecule has 0 radical (unpaired) electrons. The monoisotopic (exact) mass is 351 g/mol. The van der Waals surface area contributed by atoms with Crippen LogP contribution in [0.4, 0.5) is 0 Å². The van der Waals surface area contributed by atoms with E-state index in [0.717, 1.165) is 61.1 Å². The number of piperidine rings is 1. The van der Waals surface area contributed by atoms with Crippen LogP contribution in [0.5, 0.6) is 0 Å². The standard InChI is InChI=1S/C20H25N5O/c1-13-6-4-7-16(10-13)20-22-18(14(2)26-20)12-25-9-5-8-17(11-25)19-21-15(3)23-24-19/h4,6-7,10,17H,5,8-9,11-12H2,1-3H3,(H,21,23,24)/t17-/m1/s1. The molecule has 26 heavy (non-hydrogen) atoms. The van der Waals surface area contributed by atoms with Crippen molar-refractivity contribution in [2.75, 3.05) is 13.1 Å². The maximum absolute atomic E-state index is 5.94. The van der Waals surface area contributed by atoms with Gasteiger partial charge < -0.3 is 4.42 Å². The number of hydrogen-bond donors (Lipinski definition) is 1. The van der Waals surface area contributed by atoms with Crippen molar-refractivity contribution in [3.8, 4) is 11.5 Å². The van der Waals surface area contributed by atoms with Gasteiger partial charge in [0.2, 0.25) is 5.89 Å². The van der Waals surface area contributed by atoms with E-state index in [4.69, 9.17) is 9.40 Å². The van der Waals surface area contributed by atoms with E-state index in [2.05, 4.69) is 39.1 Å². The van der Waals surface area contributed by atoms with Crippen molar-refractivity contribution in [1.82, 2.24) is 25.1 Å². The van der Waals surface area contributed by atoms with Crippen molar-refractivity contribution in [3.63, 3.8) is 0 Å². The molecule has 0 saturated carbocycles. The minimum atomic E-state index is 0.386. The first-order chi connectivity index (χ1) is 12.6. The fourth-order valence-electron chi connectivity index (χ4n) is 3.64. The van der Waals surface area contributed by atoms with Gasteiger partial charge in [-0.1, -0.05) is 17.7 Å². The second-order valence-electron chi connectivity index (χ2n) is 7.24. The Hall–Kier alpha value is -2.47. The molecule has 3 aromatic rings. The molecule has 0 spiro atoms. The smallest absolute Gasteiger partial charge is 0.226 e. The van der Waals surface area contributed by atoms with Crippen LogP contribution in [0.3, 0.4) is 0 Å². The van der Waals surface area contributed by atoms with Gasteiger partial charge in [-0.3, -0.25) is 10.00 Å². The molecular formula is C20H25N5O. The highest BCUT2D eigenvalue weighted by Crippen LogP contribution is 2.27. The zero-order valence-corrected chi connectivity index (χ0v) is 15.6. The van der Waals surface area contributed by atoms with Gasteiger partial charge in [0.15, 0.2) is 5.82 Å².